The van der Waals surface area contributed by atoms with Crippen LogP contribution < -0.4 is 0 Å². The molecule has 0 heterocycles. The summed E-state index contributed by atoms with van der Waals surface area (Å²) in [6.45, 7) is 0. The maximum atomic E-state index is 8.67. The van der Waals surface area contributed by atoms with Gasteiger partial charge in [0.1, 0.15) is 0 Å². The summed E-state index contributed by atoms with van der Waals surface area (Å²) in [5.74, 6) is 0. The van der Waals surface area contributed by atoms with Gasteiger partial charge in [-0.25, -0.2) is 0 Å². The van der Waals surface area contributed by atoms with Crippen molar-refractivity contribution in [3.05, 3.63) is 0 Å². The van der Waals surface area contributed by atoms with E-state index in [1.54, 1.807) is 0 Å². The molecule has 0 bridgehead atoms. The van der Waals surface area contributed by atoms with Crippen molar-refractivity contribution in [1.29, 1.82) is 0 Å². The van der Waals surface area contributed by atoms with Crippen molar-refractivity contribution in [1.82, 2.24) is 0 Å². The molecule has 0 radical (unpaired) electrons. The molecule has 0 aromatic rings. The average molecular weight is 492 g/mol. The molecule has 0 aromatic carbocycles. The van der Waals surface area contributed by atoms with Crippen molar-refractivity contribution in [2.45, 2.75) is 0 Å². The molecule has 24 heavy (non-hydrogen) atoms. The number of rotatable bonds is 0. The fourth-order valence-electron chi connectivity index (χ4n) is 0. The van der Waals surface area contributed by atoms with Crippen LogP contribution in [-0.2, 0) is 56.8 Å². The van der Waals surface area contributed by atoms with Crippen LogP contribution in [0.5, 0.6) is 0 Å². The van der Waals surface area contributed by atoms with Crippen LogP contribution >= 0.6 is 8.60 Å². The lowest BCUT2D eigenvalue weighted by molar-refractivity contribution is 0.368. The smallest absolute Gasteiger partial charge is 0.324 e. The van der Waals surface area contributed by atoms with Gasteiger partial charge in [-0.2, -0.15) is 21.0 Å². The van der Waals surface area contributed by atoms with Crippen LogP contribution in [0.15, 0.2) is 0 Å². The van der Waals surface area contributed by atoms with Gasteiger partial charge >= 0.3 is 8.60 Å². The molecule has 156 valence electrons. The molecule has 0 amide bonds. The van der Waals surface area contributed by atoms with Gasteiger partial charge in [-0.3, -0.25) is 45.5 Å². The lowest BCUT2D eigenvalue weighted by Gasteiger charge is -1.76. The summed E-state index contributed by atoms with van der Waals surface area (Å²) in [7, 11) is -2.62. The highest BCUT2D eigenvalue weighted by atomic mass is 32.2. The minimum atomic E-state index is -2.62. The Labute approximate surface area is 146 Å². The monoisotopic (exact) mass is 492 g/mol. The van der Waals surface area contributed by atoms with Crippen LogP contribution in [0.4, 0.5) is 0 Å². The van der Waals surface area contributed by atoms with Crippen molar-refractivity contribution >= 4 is 65.4 Å². The van der Waals surface area contributed by atoms with E-state index >= 15 is 0 Å². The molecule has 0 aliphatic carbocycles. The number of hydrogen-bond acceptors (Lipinski definition) is 8. The third-order valence-corrected chi connectivity index (χ3v) is 0. The average Bonchev–Trinajstić information content (AvgIpc) is 2.08. The van der Waals surface area contributed by atoms with Gasteiger partial charge in [0, 0.05) is 0 Å². The fraction of sp³-hybridized carbons (Fsp3) is 0. The second-order valence-electron chi connectivity index (χ2n) is 1.42. The largest absolute Gasteiger partial charge is 0.328 e. The molecular weight excluding hydrogens is 479 g/mol. The molecule has 0 atom stereocenters. The molecule has 13 N–H and O–H groups in total. The maximum absolute atomic E-state index is 8.67. The van der Waals surface area contributed by atoms with Crippen molar-refractivity contribution in [2.75, 3.05) is 0 Å². The van der Waals surface area contributed by atoms with Crippen molar-refractivity contribution < 1.29 is 81.3 Å². The first-order valence-corrected chi connectivity index (χ1v) is 9.78. The Morgan fingerprint density at radius 2 is 0.375 bits per heavy atom. The summed E-state index contributed by atoms with van der Waals surface area (Å²) in [4.78, 5) is 21.7. The summed E-state index contributed by atoms with van der Waals surface area (Å²) in [5, 5.41) is 0. The van der Waals surface area contributed by atoms with E-state index in [4.69, 9.17) is 81.3 Å². The topological polar surface area (TPSA) is 348 Å². The molecule has 0 fully saturated rings. The highest BCUT2D eigenvalue weighted by molar-refractivity contribution is 7.73. The summed E-state index contributed by atoms with van der Waals surface area (Å²) in [5.41, 5.74) is 0. The first kappa shape index (κ1) is 39.6. The van der Waals surface area contributed by atoms with Crippen LogP contribution in [0.2, 0.25) is 0 Å². The lowest BCUT2D eigenvalue weighted by atomic mass is 15.8. The Morgan fingerprint density at radius 1 is 0.375 bits per heavy atom. The van der Waals surface area contributed by atoms with Gasteiger partial charge in [0.15, 0.2) is 0 Å². The predicted molar refractivity (Wildman–Crippen MR) is 80.6 cm³/mol. The third kappa shape index (κ3) is 24400. The van der Waals surface area contributed by atoms with E-state index in [1.807, 2.05) is 0 Å². The molecule has 0 saturated carbocycles. The molecule has 0 spiro atoms. The van der Waals surface area contributed by atoms with Crippen LogP contribution in [0.25, 0.3) is 0 Å². The van der Waals surface area contributed by atoms with E-state index in [2.05, 4.69) is 0 Å². The molecule has 0 saturated heterocycles. The second kappa shape index (κ2) is 34.9. The van der Waals surface area contributed by atoms with Crippen LogP contribution in [0.3, 0.4) is 0 Å². The van der Waals surface area contributed by atoms with Crippen LogP contribution in [0, 0.1) is 0 Å². The highest BCUT2D eigenvalue weighted by Gasteiger charge is 1.76. The molecule has 0 aliphatic heterocycles. The molecule has 18 nitrogen and oxygen atoms in total. The van der Waals surface area contributed by atoms with Gasteiger partial charge in [0.05, 0.1) is 0 Å². The van der Waals surface area contributed by atoms with Gasteiger partial charge < -0.3 is 14.7 Å². The summed E-state index contributed by atoms with van der Waals surface area (Å²) in [6, 6.07) is 0. The van der Waals surface area contributed by atoms with E-state index in [0.717, 1.165) is 0 Å². The molecular formula is H13O18PS5. The van der Waals surface area contributed by atoms with Gasteiger partial charge in [0.2, 0.25) is 0 Å². The Kier molecular flexibility index (Phi) is 57.6. The van der Waals surface area contributed by atoms with Crippen molar-refractivity contribution in [3.63, 3.8) is 0 Å². The van der Waals surface area contributed by atoms with E-state index in [-0.39, 0.29) is 0 Å². The van der Waals surface area contributed by atoms with Gasteiger partial charge in [-0.15, -0.1) is 0 Å². The van der Waals surface area contributed by atoms with E-state index in [0.29, 0.717) is 0 Å². The zero-order valence-corrected chi connectivity index (χ0v) is 15.3. The van der Waals surface area contributed by atoms with Crippen LogP contribution in [-0.4, -0.2) is 81.3 Å². The van der Waals surface area contributed by atoms with Gasteiger partial charge in [0.25, 0.3) is 56.8 Å². The first-order valence-electron chi connectivity index (χ1n) is 3.26. The van der Waals surface area contributed by atoms with E-state index < -0.39 is 65.4 Å². The third-order valence-electron chi connectivity index (χ3n) is 0. The zero-order chi connectivity index (χ0) is 21.5. The van der Waals surface area contributed by atoms with Gasteiger partial charge in [-0.05, 0) is 0 Å². The normalized spacial score (nSPS) is 8.79. The number of hydrogen-bond donors (Lipinski definition) is 13. The standard InChI is InChI=1S/H3O3P.5H2O3S/c6*1-4(2)3/h1-3H;5*(H2,1,2,3). The SMILES string of the molecule is O=S(O)O.O=S(O)O.O=S(O)O.O=S(O)O.O=S(O)O.OP(O)O. The molecule has 0 aliphatic rings. The quantitative estimate of drug-likeness (QED) is 0.124. The summed E-state index contributed by atoms with van der Waals surface area (Å²) < 4.78 is 114. The van der Waals surface area contributed by atoms with E-state index in [9.17, 15) is 0 Å². The van der Waals surface area contributed by atoms with Crippen molar-refractivity contribution in [3.8, 4) is 0 Å². The Morgan fingerprint density at radius 3 is 0.375 bits per heavy atom. The van der Waals surface area contributed by atoms with E-state index in [1.165, 1.54) is 0 Å². The van der Waals surface area contributed by atoms with Crippen molar-refractivity contribution in [2.24, 2.45) is 0 Å². The summed E-state index contributed by atoms with van der Waals surface area (Å²) >= 11 is -13.1. The Balaban J connectivity index is -0.0000000405. The lowest BCUT2D eigenvalue weighted by Crippen LogP contribution is -1.74. The molecule has 0 aromatic heterocycles. The fourth-order valence-corrected chi connectivity index (χ4v) is 0. The molecule has 24 heteroatoms. The predicted octanol–water partition coefficient (Wildman–Crippen LogP) is -2.40. The van der Waals surface area contributed by atoms with Crippen LogP contribution in [0.1, 0.15) is 0 Å². The second-order valence-corrected chi connectivity index (χ2v) is 4.27. The molecule has 0 unspecified atom stereocenters. The summed E-state index contributed by atoms with van der Waals surface area (Å²) in [6.07, 6.45) is 0. The first-order chi connectivity index (χ1) is 10.4. The minimum absolute atomic E-state index is 2.61. The molecule has 0 rings (SSSR count). The Bertz CT molecular complexity index is 242. The Hall–Kier alpha value is 0.660. The highest BCUT2D eigenvalue weighted by Crippen LogP contribution is 2.11. The zero-order valence-electron chi connectivity index (χ0n) is 10.3. The minimum Gasteiger partial charge on any atom is -0.328 e. The van der Waals surface area contributed by atoms with Gasteiger partial charge in [-0.1, -0.05) is 0 Å². The maximum Gasteiger partial charge on any atom is 0.324 e.